The first-order valence-electron chi connectivity index (χ1n) is 6.79. The molecule has 19 heavy (non-hydrogen) atoms. The summed E-state index contributed by atoms with van der Waals surface area (Å²) in [6.45, 7) is 7.90. The van der Waals surface area contributed by atoms with Gasteiger partial charge in [-0.05, 0) is 12.1 Å². The van der Waals surface area contributed by atoms with Crippen LogP contribution in [-0.2, 0) is 21.8 Å². The topological polar surface area (TPSA) is 36.3 Å². The van der Waals surface area contributed by atoms with Crippen molar-refractivity contribution in [2.24, 2.45) is 5.41 Å². The fourth-order valence-corrected chi connectivity index (χ4v) is 3.16. The van der Waals surface area contributed by atoms with Crippen LogP contribution in [0.4, 0.5) is 0 Å². The Bertz CT molecular complexity index is 656. The van der Waals surface area contributed by atoms with Crippen LogP contribution in [0.1, 0.15) is 26.6 Å². The van der Waals surface area contributed by atoms with Gasteiger partial charge in [0.05, 0.1) is 24.2 Å². The third-order valence-electron chi connectivity index (χ3n) is 4.13. The van der Waals surface area contributed by atoms with Crippen molar-refractivity contribution in [3.8, 4) is 0 Å². The summed E-state index contributed by atoms with van der Waals surface area (Å²) in [5.41, 5.74) is 2.03. The predicted molar refractivity (Wildman–Crippen MR) is 71.7 cm³/mol. The fraction of sp³-hybridized carbons (Fsp3) is 0.533. The van der Waals surface area contributed by atoms with Gasteiger partial charge in [0.1, 0.15) is 6.10 Å². The van der Waals surface area contributed by atoms with Crippen LogP contribution in [0.5, 0.6) is 0 Å². The Kier molecular flexibility index (Phi) is 2.03. The standard InChI is InChI=1S/C15H18N2O2/c1-14(2,3)15-13-16-11-6-4-5-7-12(11)17(13)8-10(19-15)9-18-15/h4-7,10H,8-9H2,1-3H3. The summed E-state index contributed by atoms with van der Waals surface area (Å²) < 4.78 is 14.5. The zero-order valence-corrected chi connectivity index (χ0v) is 11.5. The van der Waals surface area contributed by atoms with E-state index in [2.05, 4.69) is 37.5 Å². The molecular weight excluding hydrogens is 240 g/mol. The summed E-state index contributed by atoms with van der Waals surface area (Å²) in [7, 11) is 0. The molecule has 0 radical (unpaired) electrons. The SMILES string of the molecule is CC(C)(C)C12OCC(Cn3c1nc1ccccc13)O2. The maximum Gasteiger partial charge on any atom is 0.234 e. The van der Waals surface area contributed by atoms with E-state index in [1.165, 1.54) is 5.52 Å². The van der Waals surface area contributed by atoms with Gasteiger partial charge in [0.15, 0.2) is 5.82 Å². The van der Waals surface area contributed by atoms with Crippen molar-refractivity contribution in [2.75, 3.05) is 6.61 Å². The average Bonchev–Trinajstić information content (AvgIpc) is 2.91. The highest BCUT2D eigenvalue weighted by atomic mass is 16.8. The van der Waals surface area contributed by atoms with E-state index in [1.54, 1.807) is 0 Å². The number of hydrogen-bond acceptors (Lipinski definition) is 3. The summed E-state index contributed by atoms with van der Waals surface area (Å²) in [6.07, 6.45) is 0.129. The maximum atomic E-state index is 6.20. The number of imidazole rings is 1. The largest absolute Gasteiger partial charge is 0.340 e. The van der Waals surface area contributed by atoms with Crippen LogP contribution in [-0.4, -0.2) is 22.3 Å². The quantitative estimate of drug-likeness (QED) is 0.729. The van der Waals surface area contributed by atoms with E-state index in [-0.39, 0.29) is 11.5 Å². The van der Waals surface area contributed by atoms with Gasteiger partial charge in [-0.3, -0.25) is 0 Å². The Morgan fingerprint density at radius 3 is 2.89 bits per heavy atom. The molecule has 100 valence electrons. The van der Waals surface area contributed by atoms with Gasteiger partial charge in [-0.2, -0.15) is 0 Å². The second-order valence-corrected chi connectivity index (χ2v) is 6.45. The molecule has 2 aliphatic heterocycles. The van der Waals surface area contributed by atoms with Crippen molar-refractivity contribution >= 4 is 11.0 Å². The summed E-state index contributed by atoms with van der Waals surface area (Å²) in [5.74, 6) is 0.199. The molecule has 3 heterocycles. The van der Waals surface area contributed by atoms with Crippen molar-refractivity contribution in [1.82, 2.24) is 9.55 Å². The first-order chi connectivity index (χ1) is 9.01. The lowest BCUT2D eigenvalue weighted by Gasteiger charge is -2.41. The smallest absolute Gasteiger partial charge is 0.234 e. The zero-order valence-electron chi connectivity index (χ0n) is 11.5. The van der Waals surface area contributed by atoms with Crippen molar-refractivity contribution in [3.63, 3.8) is 0 Å². The number of hydrogen-bond donors (Lipinski definition) is 0. The van der Waals surface area contributed by atoms with E-state index in [1.807, 2.05) is 12.1 Å². The molecule has 1 aromatic carbocycles. The number of rotatable bonds is 0. The Balaban J connectivity index is 2.03. The zero-order chi connectivity index (χ0) is 13.3. The number of para-hydroxylation sites is 2. The molecule has 2 unspecified atom stereocenters. The molecule has 0 saturated carbocycles. The van der Waals surface area contributed by atoms with E-state index in [9.17, 15) is 0 Å². The highest BCUT2D eigenvalue weighted by Gasteiger charge is 2.57. The highest BCUT2D eigenvalue weighted by molar-refractivity contribution is 5.76. The number of ether oxygens (including phenoxy) is 2. The molecule has 4 rings (SSSR count). The van der Waals surface area contributed by atoms with Gasteiger partial charge in [-0.25, -0.2) is 4.98 Å². The van der Waals surface area contributed by atoms with Crippen LogP contribution < -0.4 is 0 Å². The predicted octanol–water partition coefficient (Wildman–Crippen LogP) is 2.66. The first kappa shape index (κ1) is 11.4. The molecule has 2 atom stereocenters. The van der Waals surface area contributed by atoms with E-state index in [0.29, 0.717) is 6.61 Å². The van der Waals surface area contributed by atoms with Crippen LogP contribution >= 0.6 is 0 Å². The monoisotopic (exact) mass is 258 g/mol. The van der Waals surface area contributed by atoms with Crippen molar-refractivity contribution in [3.05, 3.63) is 30.1 Å². The average molecular weight is 258 g/mol. The molecular formula is C15H18N2O2. The molecule has 2 bridgehead atoms. The summed E-state index contributed by atoms with van der Waals surface area (Å²) in [4.78, 5) is 4.78. The van der Waals surface area contributed by atoms with Gasteiger partial charge in [-0.1, -0.05) is 32.9 Å². The van der Waals surface area contributed by atoms with Crippen LogP contribution in [0.15, 0.2) is 24.3 Å². The molecule has 4 nitrogen and oxygen atoms in total. The van der Waals surface area contributed by atoms with Crippen LogP contribution in [0, 0.1) is 5.41 Å². The van der Waals surface area contributed by atoms with E-state index in [4.69, 9.17) is 14.5 Å². The lowest BCUT2D eigenvalue weighted by Crippen LogP contribution is -2.47. The molecule has 1 aromatic heterocycles. The molecule has 0 spiro atoms. The molecule has 1 saturated heterocycles. The first-order valence-corrected chi connectivity index (χ1v) is 6.79. The van der Waals surface area contributed by atoms with Gasteiger partial charge in [0.2, 0.25) is 5.79 Å². The van der Waals surface area contributed by atoms with Gasteiger partial charge in [0.25, 0.3) is 0 Å². The van der Waals surface area contributed by atoms with E-state index in [0.717, 1.165) is 17.9 Å². The van der Waals surface area contributed by atoms with Crippen molar-refractivity contribution < 1.29 is 9.47 Å². The van der Waals surface area contributed by atoms with Crippen LogP contribution in [0.2, 0.25) is 0 Å². The van der Waals surface area contributed by atoms with Crippen molar-refractivity contribution in [2.45, 2.75) is 39.2 Å². The number of aromatic nitrogens is 2. The Morgan fingerprint density at radius 1 is 1.32 bits per heavy atom. The molecule has 0 amide bonds. The second-order valence-electron chi connectivity index (χ2n) is 6.45. The third kappa shape index (κ3) is 1.33. The lowest BCUT2D eigenvalue weighted by atomic mass is 9.84. The minimum atomic E-state index is -0.713. The maximum absolute atomic E-state index is 6.20. The van der Waals surface area contributed by atoms with Crippen molar-refractivity contribution in [1.29, 1.82) is 0 Å². The summed E-state index contributed by atoms with van der Waals surface area (Å²) in [6, 6.07) is 8.24. The second kappa shape index (κ2) is 3.38. The Labute approximate surface area is 112 Å². The molecule has 2 aliphatic rings. The molecule has 2 aromatic rings. The van der Waals surface area contributed by atoms with Crippen LogP contribution in [0.25, 0.3) is 11.0 Å². The highest BCUT2D eigenvalue weighted by Crippen LogP contribution is 2.50. The Hall–Kier alpha value is -1.39. The number of nitrogens with zero attached hydrogens (tertiary/aromatic N) is 2. The molecule has 1 fully saturated rings. The lowest BCUT2D eigenvalue weighted by molar-refractivity contribution is -0.257. The third-order valence-corrected chi connectivity index (χ3v) is 4.13. The van der Waals surface area contributed by atoms with Gasteiger partial charge in [0, 0.05) is 5.41 Å². The van der Waals surface area contributed by atoms with Gasteiger partial charge < -0.3 is 14.0 Å². The minimum Gasteiger partial charge on any atom is -0.340 e. The summed E-state index contributed by atoms with van der Waals surface area (Å²) in [5, 5.41) is 0. The Morgan fingerprint density at radius 2 is 2.11 bits per heavy atom. The minimum absolute atomic E-state index is 0.129. The number of benzene rings is 1. The molecule has 0 N–H and O–H groups in total. The van der Waals surface area contributed by atoms with E-state index < -0.39 is 5.79 Å². The van der Waals surface area contributed by atoms with Gasteiger partial charge in [-0.15, -0.1) is 0 Å². The normalized spacial score (nSPS) is 29.7. The summed E-state index contributed by atoms with van der Waals surface area (Å²) >= 11 is 0. The van der Waals surface area contributed by atoms with E-state index >= 15 is 0 Å². The van der Waals surface area contributed by atoms with Gasteiger partial charge >= 0.3 is 0 Å². The van der Waals surface area contributed by atoms with Crippen LogP contribution in [0.3, 0.4) is 0 Å². The number of fused-ring (bicyclic) bond motifs is 6. The fourth-order valence-electron chi connectivity index (χ4n) is 3.16. The molecule has 4 heteroatoms. The molecule has 0 aliphatic carbocycles.